The summed E-state index contributed by atoms with van der Waals surface area (Å²) in [6.07, 6.45) is 4.45. The molecule has 0 saturated heterocycles. The second-order valence-corrected chi connectivity index (χ2v) is 4.18. The van der Waals surface area contributed by atoms with Gasteiger partial charge in [-0.3, -0.25) is 4.79 Å². The zero-order valence-corrected chi connectivity index (χ0v) is 9.86. The molecule has 0 fully saturated rings. The van der Waals surface area contributed by atoms with E-state index in [9.17, 15) is 4.79 Å². The number of aromatic amines is 1. The number of hydrogen-bond acceptors (Lipinski definition) is 1. The summed E-state index contributed by atoms with van der Waals surface area (Å²) in [5.74, 6) is -0.0394. The van der Waals surface area contributed by atoms with Crippen molar-refractivity contribution in [2.24, 2.45) is 0 Å². The first-order valence-electron chi connectivity index (χ1n) is 5.69. The van der Waals surface area contributed by atoms with Crippen LogP contribution in [0.4, 0.5) is 0 Å². The lowest BCUT2D eigenvalue weighted by Gasteiger charge is -2.11. The molecule has 0 spiro atoms. The Morgan fingerprint density at radius 2 is 2.35 bits per heavy atom. The van der Waals surface area contributed by atoms with Crippen molar-refractivity contribution in [2.45, 2.75) is 19.4 Å². The van der Waals surface area contributed by atoms with E-state index in [1.807, 2.05) is 37.4 Å². The van der Waals surface area contributed by atoms with E-state index in [0.717, 1.165) is 17.3 Å². The Kier molecular flexibility index (Phi) is 3.28. The summed E-state index contributed by atoms with van der Waals surface area (Å²) < 4.78 is 0. The van der Waals surface area contributed by atoms with E-state index in [1.165, 1.54) is 0 Å². The molecule has 1 aromatic carbocycles. The van der Waals surface area contributed by atoms with E-state index in [-0.39, 0.29) is 11.9 Å². The summed E-state index contributed by atoms with van der Waals surface area (Å²) in [4.78, 5) is 15.0. The number of amides is 1. The molecule has 0 aliphatic carbocycles. The van der Waals surface area contributed by atoms with Gasteiger partial charge < -0.3 is 10.3 Å². The number of nitrogens with one attached hydrogen (secondary N) is 2. The monoisotopic (exact) mass is 228 g/mol. The van der Waals surface area contributed by atoms with Crippen LogP contribution in [0.3, 0.4) is 0 Å². The maximum Gasteiger partial charge on any atom is 0.251 e. The van der Waals surface area contributed by atoms with E-state index in [4.69, 9.17) is 0 Å². The van der Waals surface area contributed by atoms with Crippen LogP contribution in [0.2, 0.25) is 0 Å². The quantitative estimate of drug-likeness (QED) is 0.776. The minimum atomic E-state index is -0.0394. The third-order valence-electron chi connectivity index (χ3n) is 2.71. The first kappa shape index (κ1) is 11.5. The highest BCUT2D eigenvalue weighted by molar-refractivity contribution is 5.98. The van der Waals surface area contributed by atoms with Gasteiger partial charge in [-0.2, -0.15) is 0 Å². The maximum atomic E-state index is 11.9. The summed E-state index contributed by atoms with van der Waals surface area (Å²) in [5.41, 5.74) is 1.73. The van der Waals surface area contributed by atoms with Crippen molar-refractivity contribution in [3.05, 3.63) is 48.7 Å². The largest absolute Gasteiger partial charge is 0.361 e. The summed E-state index contributed by atoms with van der Waals surface area (Å²) >= 11 is 0. The number of rotatable bonds is 4. The van der Waals surface area contributed by atoms with Gasteiger partial charge in [-0.1, -0.05) is 6.08 Å². The molecule has 0 bridgehead atoms. The average molecular weight is 228 g/mol. The van der Waals surface area contributed by atoms with Gasteiger partial charge in [0.25, 0.3) is 5.91 Å². The molecule has 1 heterocycles. The maximum absolute atomic E-state index is 11.9. The van der Waals surface area contributed by atoms with Crippen molar-refractivity contribution in [3.8, 4) is 0 Å². The Morgan fingerprint density at radius 1 is 1.53 bits per heavy atom. The van der Waals surface area contributed by atoms with Gasteiger partial charge in [0.1, 0.15) is 0 Å². The van der Waals surface area contributed by atoms with E-state index in [1.54, 1.807) is 6.08 Å². The van der Waals surface area contributed by atoms with Crippen LogP contribution in [0.1, 0.15) is 23.7 Å². The fourth-order valence-electron chi connectivity index (χ4n) is 1.81. The van der Waals surface area contributed by atoms with Gasteiger partial charge in [0.15, 0.2) is 0 Å². The molecule has 2 N–H and O–H groups in total. The van der Waals surface area contributed by atoms with E-state index in [2.05, 4.69) is 16.9 Å². The predicted octanol–water partition coefficient (Wildman–Crippen LogP) is 2.86. The van der Waals surface area contributed by atoms with Crippen molar-refractivity contribution in [1.82, 2.24) is 10.3 Å². The van der Waals surface area contributed by atoms with Crippen molar-refractivity contribution < 1.29 is 4.79 Å². The molecule has 1 aromatic heterocycles. The van der Waals surface area contributed by atoms with Crippen LogP contribution in [-0.4, -0.2) is 16.9 Å². The number of carbonyl (C=O) groups excluding carboxylic acids is 1. The minimum absolute atomic E-state index is 0.0394. The molecule has 3 heteroatoms. The summed E-state index contributed by atoms with van der Waals surface area (Å²) in [6.45, 7) is 5.63. The number of carbonyl (C=O) groups is 1. The van der Waals surface area contributed by atoms with Crippen LogP contribution in [0.5, 0.6) is 0 Å². The first-order chi connectivity index (χ1) is 8.20. The van der Waals surface area contributed by atoms with Crippen LogP contribution in [0.25, 0.3) is 10.9 Å². The fourth-order valence-corrected chi connectivity index (χ4v) is 1.81. The van der Waals surface area contributed by atoms with E-state index >= 15 is 0 Å². The second kappa shape index (κ2) is 4.87. The van der Waals surface area contributed by atoms with Gasteiger partial charge >= 0.3 is 0 Å². The summed E-state index contributed by atoms with van der Waals surface area (Å²) in [6, 6.07) is 7.71. The zero-order valence-electron chi connectivity index (χ0n) is 9.86. The summed E-state index contributed by atoms with van der Waals surface area (Å²) in [7, 11) is 0. The normalized spacial score (nSPS) is 12.3. The van der Waals surface area contributed by atoms with Crippen molar-refractivity contribution in [2.75, 3.05) is 0 Å². The molecule has 0 saturated carbocycles. The third-order valence-corrected chi connectivity index (χ3v) is 2.71. The zero-order chi connectivity index (χ0) is 12.3. The van der Waals surface area contributed by atoms with E-state index < -0.39 is 0 Å². The molecular formula is C14H16N2O. The van der Waals surface area contributed by atoms with Gasteiger partial charge in [-0.05, 0) is 37.6 Å². The Labute approximate surface area is 101 Å². The highest BCUT2D eigenvalue weighted by Crippen LogP contribution is 2.14. The molecule has 1 amide bonds. The van der Waals surface area contributed by atoms with E-state index in [0.29, 0.717) is 5.56 Å². The molecule has 1 unspecified atom stereocenters. The molecule has 1 atom stereocenters. The highest BCUT2D eigenvalue weighted by atomic mass is 16.1. The molecule has 2 aromatic rings. The number of hydrogen-bond donors (Lipinski definition) is 2. The minimum Gasteiger partial charge on any atom is -0.361 e. The molecular weight excluding hydrogens is 212 g/mol. The molecule has 0 radical (unpaired) electrons. The number of H-pyrrole nitrogens is 1. The lowest BCUT2D eigenvalue weighted by Crippen LogP contribution is -2.32. The Hall–Kier alpha value is -2.03. The first-order valence-corrected chi connectivity index (χ1v) is 5.69. The van der Waals surface area contributed by atoms with Gasteiger partial charge in [0.2, 0.25) is 0 Å². The number of benzene rings is 1. The van der Waals surface area contributed by atoms with Crippen LogP contribution >= 0.6 is 0 Å². The predicted molar refractivity (Wildman–Crippen MR) is 70.0 cm³/mol. The summed E-state index contributed by atoms with van der Waals surface area (Å²) in [5, 5.41) is 3.98. The highest BCUT2D eigenvalue weighted by Gasteiger charge is 2.09. The second-order valence-electron chi connectivity index (χ2n) is 4.18. The Morgan fingerprint density at radius 3 is 3.12 bits per heavy atom. The van der Waals surface area contributed by atoms with Gasteiger partial charge in [0, 0.05) is 28.7 Å². The van der Waals surface area contributed by atoms with Gasteiger partial charge in [-0.25, -0.2) is 0 Å². The Balaban J connectivity index is 2.15. The topological polar surface area (TPSA) is 44.9 Å². The molecule has 17 heavy (non-hydrogen) atoms. The van der Waals surface area contributed by atoms with Crippen molar-refractivity contribution in [1.29, 1.82) is 0 Å². The molecule has 2 rings (SSSR count). The fraction of sp³-hybridized carbons (Fsp3) is 0.214. The number of aromatic nitrogens is 1. The number of fused-ring (bicyclic) bond motifs is 1. The molecule has 0 aliphatic rings. The van der Waals surface area contributed by atoms with Crippen molar-refractivity contribution in [3.63, 3.8) is 0 Å². The smallest absolute Gasteiger partial charge is 0.251 e. The van der Waals surface area contributed by atoms with Crippen LogP contribution in [-0.2, 0) is 0 Å². The SMILES string of the molecule is C=CCC(C)NC(=O)c1ccc2[nH]ccc2c1. The standard InChI is InChI=1S/C14H16N2O/c1-3-4-10(2)16-14(17)12-5-6-13-11(9-12)7-8-15-13/h3,5-10,15H,1,4H2,2H3,(H,16,17). The molecule has 3 nitrogen and oxygen atoms in total. The average Bonchev–Trinajstić information content (AvgIpc) is 2.75. The Bertz CT molecular complexity index is 542. The van der Waals surface area contributed by atoms with Crippen LogP contribution in [0, 0.1) is 0 Å². The molecule has 0 aliphatic heterocycles. The lowest BCUT2D eigenvalue weighted by molar-refractivity contribution is 0.0940. The third kappa shape index (κ3) is 2.56. The van der Waals surface area contributed by atoms with Crippen molar-refractivity contribution >= 4 is 16.8 Å². The van der Waals surface area contributed by atoms with Gasteiger partial charge in [0.05, 0.1) is 0 Å². The van der Waals surface area contributed by atoms with Gasteiger partial charge in [-0.15, -0.1) is 6.58 Å². The molecule has 88 valence electrons. The lowest BCUT2D eigenvalue weighted by atomic mass is 10.1. The van der Waals surface area contributed by atoms with Crippen LogP contribution in [0.15, 0.2) is 43.1 Å². The van der Waals surface area contributed by atoms with Crippen LogP contribution < -0.4 is 5.32 Å².